The molecule has 2 heterocycles. The molecule has 0 aromatic rings. The lowest BCUT2D eigenvalue weighted by Crippen LogP contribution is -2.43. The molecule has 2 amide bonds. The summed E-state index contributed by atoms with van der Waals surface area (Å²) < 4.78 is 5.33. The molecule has 0 aliphatic carbocycles. The van der Waals surface area contributed by atoms with E-state index in [1.165, 1.54) is 0 Å². The minimum atomic E-state index is -0.505. The van der Waals surface area contributed by atoms with Gasteiger partial charge in [0.2, 0.25) is 5.91 Å². The van der Waals surface area contributed by atoms with Gasteiger partial charge >= 0.3 is 6.09 Å². The molecule has 2 saturated heterocycles. The number of aliphatic hydroxyl groups is 1. The van der Waals surface area contributed by atoms with Crippen molar-refractivity contribution in [2.75, 3.05) is 32.7 Å². The maximum Gasteiger partial charge on any atom is 0.410 e. The Hall–Kier alpha value is -1.34. The van der Waals surface area contributed by atoms with Crippen molar-refractivity contribution < 1.29 is 19.4 Å². The van der Waals surface area contributed by atoms with Crippen LogP contribution in [0.4, 0.5) is 4.79 Å². The van der Waals surface area contributed by atoms with Gasteiger partial charge in [-0.3, -0.25) is 9.69 Å². The molecule has 7 heteroatoms. The Morgan fingerprint density at radius 2 is 1.95 bits per heavy atom. The second kappa shape index (κ2) is 6.83. The molecule has 22 heavy (non-hydrogen) atoms. The van der Waals surface area contributed by atoms with E-state index in [4.69, 9.17) is 4.74 Å². The van der Waals surface area contributed by atoms with E-state index in [-0.39, 0.29) is 24.1 Å². The average Bonchev–Trinajstić information content (AvgIpc) is 2.96. The highest BCUT2D eigenvalue weighted by Crippen LogP contribution is 2.15. The second-order valence-electron chi connectivity index (χ2n) is 7.16. The minimum absolute atomic E-state index is 0.0208. The number of hydrogen-bond acceptors (Lipinski definition) is 5. The summed E-state index contributed by atoms with van der Waals surface area (Å²) in [6.07, 6.45) is 0.824. The normalized spacial score (nSPS) is 26.3. The molecule has 0 saturated carbocycles. The molecule has 7 nitrogen and oxygen atoms in total. The molecule has 2 rings (SSSR count). The summed E-state index contributed by atoms with van der Waals surface area (Å²) >= 11 is 0. The molecule has 1 unspecified atom stereocenters. The van der Waals surface area contributed by atoms with E-state index in [0.717, 1.165) is 19.4 Å². The predicted octanol–water partition coefficient (Wildman–Crippen LogP) is 0.179. The summed E-state index contributed by atoms with van der Waals surface area (Å²) in [6, 6.07) is -0.0208. The van der Waals surface area contributed by atoms with Gasteiger partial charge in [0.25, 0.3) is 0 Å². The highest BCUT2D eigenvalue weighted by molar-refractivity contribution is 5.78. The molecule has 126 valence electrons. The highest BCUT2D eigenvalue weighted by Gasteiger charge is 2.31. The van der Waals surface area contributed by atoms with Crippen LogP contribution in [-0.4, -0.2) is 77.4 Å². The van der Waals surface area contributed by atoms with Crippen molar-refractivity contribution in [3.8, 4) is 0 Å². The third-order valence-electron chi connectivity index (χ3n) is 3.82. The van der Waals surface area contributed by atoms with Crippen LogP contribution in [-0.2, 0) is 9.53 Å². The maximum absolute atomic E-state index is 12.0. The van der Waals surface area contributed by atoms with Crippen LogP contribution in [0, 0.1) is 0 Å². The van der Waals surface area contributed by atoms with Gasteiger partial charge in [-0.25, -0.2) is 4.79 Å². The first kappa shape index (κ1) is 17.0. The van der Waals surface area contributed by atoms with Crippen LogP contribution in [0.3, 0.4) is 0 Å². The summed E-state index contributed by atoms with van der Waals surface area (Å²) in [6.45, 7) is 8.22. The van der Waals surface area contributed by atoms with Crippen LogP contribution in [0.15, 0.2) is 0 Å². The number of carbonyl (C=O) groups is 2. The molecule has 2 fully saturated rings. The molecule has 0 aromatic heterocycles. The topological polar surface area (TPSA) is 82.1 Å². The van der Waals surface area contributed by atoms with Crippen LogP contribution >= 0.6 is 0 Å². The van der Waals surface area contributed by atoms with Gasteiger partial charge in [0.15, 0.2) is 0 Å². The standard InChI is InChI=1S/C15H27N3O4/c1-15(2,3)22-14(21)18-7-4-11(8-18)16-13(20)10-17-6-5-12(19)9-17/h11-12,19H,4-10H2,1-3H3,(H,16,20)/t11-,12?/m0/s1. The van der Waals surface area contributed by atoms with Crippen LogP contribution in [0.2, 0.25) is 0 Å². The Balaban J connectivity index is 1.71. The third kappa shape index (κ3) is 5.14. The largest absolute Gasteiger partial charge is 0.444 e. The number of hydrogen-bond donors (Lipinski definition) is 2. The third-order valence-corrected chi connectivity index (χ3v) is 3.82. The zero-order valence-electron chi connectivity index (χ0n) is 13.7. The zero-order chi connectivity index (χ0) is 16.3. The van der Waals surface area contributed by atoms with Crippen LogP contribution in [0.25, 0.3) is 0 Å². The Morgan fingerprint density at radius 1 is 1.23 bits per heavy atom. The van der Waals surface area contributed by atoms with E-state index in [0.29, 0.717) is 26.2 Å². The number of nitrogens with one attached hydrogen (secondary N) is 1. The molecule has 2 aliphatic heterocycles. The van der Waals surface area contributed by atoms with Crippen molar-refractivity contribution in [2.45, 2.75) is 51.4 Å². The molecule has 0 aromatic carbocycles. The second-order valence-corrected chi connectivity index (χ2v) is 7.16. The van der Waals surface area contributed by atoms with Crippen molar-refractivity contribution in [3.63, 3.8) is 0 Å². The number of carbonyl (C=O) groups excluding carboxylic acids is 2. The molecular formula is C15H27N3O4. The van der Waals surface area contributed by atoms with Gasteiger partial charge in [-0.2, -0.15) is 0 Å². The van der Waals surface area contributed by atoms with Crippen molar-refractivity contribution in [1.82, 2.24) is 15.1 Å². The Kier molecular flexibility index (Phi) is 5.28. The van der Waals surface area contributed by atoms with Crippen molar-refractivity contribution in [1.29, 1.82) is 0 Å². The Labute approximate surface area is 131 Å². The smallest absolute Gasteiger partial charge is 0.410 e. The number of rotatable bonds is 3. The molecule has 2 atom stereocenters. The Morgan fingerprint density at radius 3 is 2.55 bits per heavy atom. The van der Waals surface area contributed by atoms with E-state index in [9.17, 15) is 14.7 Å². The van der Waals surface area contributed by atoms with E-state index in [1.54, 1.807) is 4.90 Å². The average molecular weight is 313 g/mol. The van der Waals surface area contributed by atoms with Gasteiger partial charge < -0.3 is 20.1 Å². The number of nitrogens with zero attached hydrogens (tertiary/aromatic N) is 2. The Bertz CT molecular complexity index is 422. The van der Waals surface area contributed by atoms with E-state index >= 15 is 0 Å². The summed E-state index contributed by atoms with van der Waals surface area (Å²) in [5.74, 6) is -0.0508. The summed E-state index contributed by atoms with van der Waals surface area (Å²) in [5, 5.41) is 12.4. The van der Waals surface area contributed by atoms with Crippen molar-refractivity contribution >= 4 is 12.0 Å². The summed E-state index contributed by atoms with van der Waals surface area (Å²) in [5.41, 5.74) is -0.505. The first-order valence-corrected chi connectivity index (χ1v) is 7.90. The number of aliphatic hydroxyl groups excluding tert-OH is 1. The lowest BCUT2D eigenvalue weighted by molar-refractivity contribution is -0.122. The lowest BCUT2D eigenvalue weighted by atomic mass is 10.2. The van der Waals surface area contributed by atoms with Crippen LogP contribution in [0.5, 0.6) is 0 Å². The van der Waals surface area contributed by atoms with Gasteiger partial charge in [0, 0.05) is 32.2 Å². The highest BCUT2D eigenvalue weighted by atomic mass is 16.6. The zero-order valence-corrected chi connectivity index (χ0v) is 13.7. The van der Waals surface area contributed by atoms with E-state index < -0.39 is 5.60 Å². The van der Waals surface area contributed by atoms with E-state index in [2.05, 4.69) is 5.32 Å². The van der Waals surface area contributed by atoms with Gasteiger partial charge in [0.1, 0.15) is 5.60 Å². The number of amides is 2. The van der Waals surface area contributed by atoms with Gasteiger partial charge in [-0.05, 0) is 33.6 Å². The molecule has 0 spiro atoms. The van der Waals surface area contributed by atoms with Crippen LogP contribution in [0.1, 0.15) is 33.6 Å². The number of β-amino-alcohol motifs (C(OH)–C–C–N with tert-alkyl or cyclic N) is 1. The lowest BCUT2D eigenvalue weighted by Gasteiger charge is -2.24. The first-order chi connectivity index (χ1) is 10.2. The molecule has 0 radical (unpaired) electrons. The molecular weight excluding hydrogens is 286 g/mol. The minimum Gasteiger partial charge on any atom is -0.444 e. The molecule has 0 bridgehead atoms. The number of ether oxygens (including phenoxy) is 1. The summed E-state index contributed by atoms with van der Waals surface area (Å²) in [7, 11) is 0. The monoisotopic (exact) mass is 313 g/mol. The quantitative estimate of drug-likeness (QED) is 0.777. The maximum atomic E-state index is 12.0. The van der Waals surface area contributed by atoms with Gasteiger partial charge in [-0.15, -0.1) is 0 Å². The predicted molar refractivity (Wildman–Crippen MR) is 81.4 cm³/mol. The van der Waals surface area contributed by atoms with Gasteiger partial charge in [0.05, 0.1) is 12.6 Å². The fourth-order valence-electron chi connectivity index (χ4n) is 2.80. The fourth-order valence-corrected chi connectivity index (χ4v) is 2.80. The molecule has 2 aliphatic rings. The first-order valence-electron chi connectivity index (χ1n) is 7.90. The van der Waals surface area contributed by atoms with E-state index in [1.807, 2.05) is 25.7 Å². The SMILES string of the molecule is CC(C)(C)OC(=O)N1CC[C@H](NC(=O)CN2CCC(O)C2)C1. The summed E-state index contributed by atoms with van der Waals surface area (Å²) in [4.78, 5) is 27.5. The van der Waals surface area contributed by atoms with Gasteiger partial charge in [-0.1, -0.05) is 0 Å². The number of likely N-dealkylation sites (tertiary alicyclic amines) is 2. The fraction of sp³-hybridized carbons (Fsp3) is 0.867. The van der Waals surface area contributed by atoms with Crippen molar-refractivity contribution in [2.24, 2.45) is 0 Å². The van der Waals surface area contributed by atoms with Crippen LogP contribution < -0.4 is 5.32 Å². The van der Waals surface area contributed by atoms with Crippen molar-refractivity contribution in [3.05, 3.63) is 0 Å². The molecule has 2 N–H and O–H groups in total.